The van der Waals surface area contributed by atoms with Crippen LogP contribution in [0.4, 0.5) is 11.4 Å². The lowest BCUT2D eigenvalue weighted by Crippen LogP contribution is -2.35. The molecule has 0 radical (unpaired) electrons. The summed E-state index contributed by atoms with van der Waals surface area (Å²) in [6, 6.07) is 4.84. The molecule has 0 saturated carbocycles. The highest BCUT2D eigenvalue weighted by Crippen LogP contribution is 2.22. The van der Waals surface area contributed by atoms with Gasteiger partial charge >= 0.3 is 0 Å². The second-order valence-electron chi connectivity index (χ2n) is 4.60. The van der Waals surface area contributed by atoms with Crippen LogP contribution >= 0.6 is 0 Å². The van der Waals surface area contributed by atoms with E-state index in [0.29, 0.717) is 25.1 Å². The number of aliphatic hydroxyl groups is 1. The summed E-state index contributed by atoms with van der Waals surface area (Å²) in [4.78, 5) is 10.3. The predicted octanol–water partition coefficient (Wildman–Crippen LogP) is 2.87. The number of non-ortho nitro benzene ring substituents is 1. The molecule has 5 heteroatoms. The molecule has 0 aromatic heterocycles. The van der Waals surface area contributed by atoms with Crippen molar-refractivity contribution >= 4 is 11.4 Å². The summed E-state index contributed by atoms with van der Waals surface area (Å²) >= 11 is 0. The lowest BCUT2D eigenvalue weighted by molar-refractivity contribution is -0.384. The van der Waals surface area contributed by atoms with Crippen molar-refractivity contribution in [3.05, 3.63) is 33.9 Å². The SMILES string of the molecule is CCC(O)(CC)CNc1cc(C)cc([N+](=O)[O-])c1. The van der Waals surface area contributed by atoms with E-state index in [1.807, 2.05) is 26.8 Å². The Morgan fingerprint density at radius 2 is 1.94 bits per heavy atom. The third-order valence-electron chi connectivity index (χ3n) is 3.21. The van der Waals surface area contributed by atoms with Crippen LogP contribution in [0, 0.1) is 17.0 Å². The zero-order valence-electron chi connectivity index (χ0n) is 11.1. The van der Waals surface area contributed by atoms with E-state index >= 15 is 0 Å². The predicted molar refractivity (Wildman–Crippen MR) is 71.9 cm³/mol. The molecule has 0 amide bonds. The van der Waals surface area contributed by atoms with Crippen molar-refractivity contribution in [3.63, 3.8) is 0 Å². The average molecular weight is 252 g/mol. The lowest BCUT2D eigenvalue weighted by Gasteiger charge is -2.26. The van der Waals surface area contributed by atoms with Gasteiger partial charge < -0.3 is 10.4 Å². The van der Waals surface area contributed by atoms with Gasteiger partial charge in [0.25, 0.3) is 5.69 Å². The van der Waals surface area contributed by atoms with Gasteiger partial charge in [0.2, 0.25) is 0 Å². The Morgan fingerprint density at radius 3 is 2.44 bits per heavy atom. The number of nitrogens with zero attached hydrogens (tertiary/aromatic N) is 1. The molecule has 0 heterocycles. The van der Waals surface area contributed by atoms with Gasteiger partial charge in [0, 0.05) is 24.4 Å². The molecule has 0 aliphatic heterocycles. The van der Waals surface area contributed by atoms with Crippen molar-refractivity contribution in [2.45, 2.75) is 39.2 Å². The minimum atomic E-state index is -0.765. The fraction of sp³-hybridized carbons (Fsp3) is 0.538. The Bertz CT molecular complexity index is 428. The summed E-state index contributed by atoms with van der Waals surface area (Å²) in [7, 11) is 0. The van der Waals surface area contributed by atoms with Crippen molar-refractivity contribution in [2.24, 2.45) is 0 Å². The monoisotopic (exact) mass is 252 g/mol. The fourth-order valence-electron chi connectivity index (χ4n) is 1.74. The van der Waals surface area contributed by atoms with E-state index < -0.39 is 10.5 Å². The Kier molecular flexibility index (Phi) is 4.67. The van der Waals surface area contributed by atoms with Crippen LogP contribution in [-0.2, 0) is 0 Å². The van der Waals surface area contributed by atoms with Crippen LogP contribution in [0.1, 0.15) is 32.3 Å². The normalized spacial score (nSPS) is 11.3. The quantitative estimate of drug-likeness (QED) is 0.603. The molecule has 0 saturated heterocycles. The molecule has 5 nitrogen and oxygen atoms in total. The summed E-state index contributed by atoms with van der Waals surface area (Å²) in [5.41, 5.74) is 0.790. The molecule has 0 bridgehead atoms. The average Bonchev–Trinajstić information content (AvgIpc) is 2.35. The number of nitro benzene ring substituents is 1. The van der Waals surface area contributed by atoms with Crippen LogP contribution in [0.2, 0.25) is 0 Å². The number of nitro groups is 1. The molecule has 1 aromatic carbocycles. The summed E-state index contributed by atoms with van der Waals surface area (Å²) < 4.78 is 0. The van der Waals surface area contributed by atoms with Crippen molar-refractivity contribution in [1.82, 2.24) is 0 Å². The fourth-order valence-corrected chi connectivity index (χ4v) is 1.74. The van der Waals surface area contributed by atoms with Gasteiger partial charge in [-0.1, -0.05) is 13.8 Å². The van der Waals surface area contributed by atoms with Gasteiger partial charge in [-0.15, -0.1) is 0 Å². The number of nitrogens with one attached hydrogen (secondary N) is 1. The minimum absolute atomic E-state index is 0.0639. The Balaban J connectivity index is 2.82. The van der Waals surface area contributed by atoms with E-state index in [2.05, 4.69) is 5.32 Å². The largest absolute Gasteiger partial charge is 0.388 e. The molecular weight excluding hydrogens is 232 g/mol. The van der Waals surface area contributed by atoms with Crippen molar-refractivity contribution in [3.8, 4) is 0 Å². The molecule has 18 heavy (non-hydrogen) atoms. The van der Waals surface area contributed by atoms with Crippen molar-refractivity contribution in [2.75, 3.05) is 11.9 Å². The standard InChI is InChI=1S/C13H20N2O3/c1-4-13(16,5-2)9-14-11-6-10(3)7-12(8-11)15(17)18/h6-8,14,16H,4-5,9H2,1-3H3. The second-order valence-corrected chi connectivity index (χ2v) is 4.60. The van der Waals surface area contributed by atoms with Gasteiger partial charge in [0.05, 0.1) is 10.5 Å². The first-order valence-corrected chi connectivity index (χ1v) is 6.12. The molecular formula is C13H20N2O3. The van der Waals surface area contributed by atoms with Crippen LogP contribution in [-0.4, -0.2) is 22.2 Å². The van der Waals surface area contributed by atoms with Crippen LogP contribution in [0.25, 0.3) is 0 Å². The maximum atomic E-state index is 10.7. The molecule has 1 aromatic rings. The topological polar surface area (TPSA) is 75.4 Å². The van der Waals surface area contributed by atoms with Gasteiger partial charge in [-0.2, -0.15) is 0 Å². The first-order chi connectivity index (χ1) is 8.40. The summed E-state index contributed by atoms with van der Waals surface area (Å²) in [5, 5.41) is 24.0. The molecule has 0 aliphatic rings. The van der Waals surface area contributed by atoms with Crippen LogP contribution < -0.4 is 5.32 Å². The smallest absolute Gasteiger partial charge is 0.271 e. The zero-order chi connectivity index (χ0) is 13.8. The summed E-state index contributed by atoms with van der Waals surface area (Å²) in [6.45, 7) is 6.04. The Labute approximate surface area is 107 Å². The van der Waals surface area contributed by atoms with E-state index in [9.17, 15) is 15.2 Å². The molecule has 0 unspecified atom stereocenters. The first-order valence-electron chi connectivity index (χ1n) is 6.12. The van der Waals surface area contributed by atoms with Gasteiger partial charge in [-0.25, -0.2) is 0 Å². The maximum Gasteiger partial charge on any atom is 0.271 e. The highest BCUT2D eigenvalue weighted by Gasteiger charge is 2.21. The van der Waals surface area contributed by atoms with Crippen LogP contribution in [0.15, 0.2) is 18.2 Å². The molecule has 0 spiro atoms. The number of anilines is 1. The Morgan fingerprint density at radius 1 is 1.33 bits per heavy atom. The molecule has 2 N–H and O–H groups in total. The van der Waals surface area contributed by atoms with Crippen molar-refractivity contribution in [1.29, 1.82) is 0 Å². The molecule has 0 atom stereocenters. The molecule has 0 aliphatic carbocycles. The van der Waals surface area contributed by atoms with Crippen LogP contribution in [0.3, 0.4) is 0 Å². The van der Waals surface area contributed by atoms with E-state index in [-0.39, 0.29) is 5.69 Å². The molecule has 1 rings (SSSR count). The summed E-state index contributed by atoms with van der Waals surface area (Å²) in [6.07, 6.45) is 1.29. The first kappa shape index (κ1) is 14.4. The molecule has 0 fully saturated rings. The number of hydrogen-bond acceptors (Lipinski definition) is 4. The van der Waals surface area contributed by atoms with E-state index in [1.54, 1.807) is 0 Å². The summed E-state index contributed by atoms with van der Waals surface area (Å²) in [5.74, 6) is 0. The van der Waals surface area contributed by atoms with Crippen molar-refractivity contribution < 1.29 is 10.0 Å². The van der Waals surface area contributed by atoms with Gasteiger partial charge in [0.15, 0.2) is 0 Å². The Hall–Kier alpha value is -1.62. The van der Waals surface area contributed by atoms with Gasteiger partial charge in [0.1, 0.15) is 0 Å². The van der Waals surface area contributed by atoms with Gasteiger partial charge in [-0.3, -0.25) is 10.1 Å². The van der Waals surface area contributed by atoms with E-state index in [1.165, 1.54) is 12.1 Å². The second kappa shape index (κ2) is 5.82. The minimum Gasteiger partial charge on any atom is -0.388 e. The van der Waals surface area contributed by atoms with Crippen LogP contribution in [0.5, 0.6) is 0 Å². The number of benzene rings is 1. The maximum absolute atomic E-state index is 10.7. The molecule has 100 valence electrons. The zero-order valence-corrected chi connectivity index (χ0v) is 11.1. The van der Waals surface area contributed by atoms with Gasteiger partial charge in [-0.05, 0) is 31.4 Å². The van der Waals surface area contributed by atoms with E-state index in [0.717, 1.165) is 5.56 Å². The third-order valence-corrected chi connectivity index (χ3v) is 3.21. The number of aryl methyl sites for hydroxylation is 1. The van der Waals surface area contributed by atoms with E-state index in [4.69, 9.17) is 0 Å². The highest BCUT2D eigenvalue weighted by atomic mass is 16.6. The number of hydrogen-bond donors (Lipinski definition) is 2. The third kappa shape index (κ3) is 3.70. The lowest BCUT2D eigenvalue weighted by atomic mass is 9.97. The number of rotatable bonds is 6. The highest BCUT2D eigenvalue weighted by molar-refractivity contribution is 5.53.